The van der Waals surface area contributed by atoms with Gasteiger partial charge in [0.2, 0.25) is 10.0 Å². The lowest BCUT2D eigenvalue weighted by atomic mass is 10.2. The maximum atomic E-state index is 11.7. The zero-order valence-electron chi connectivity index (χ0n) is 9.74. The van der Waals surface area contributed by atoms with Crippen LogP contribution in [0.5, 0.6) is 0 Å². The van der Waals surface area contributed by atoms with E-state index in [0.717, 1.165) is 16.5 Å². The second-order valence-corrected chi connectivity index (χ2v) is 6.60. The normalized spacial score (nSPS) is 11.5. The van der Waals surface area contributed by atoms with Crippen LogP contribution in [0.1, 0.15) is 18.4 Å². The summed E-state index contributed by atoms with van der Waals surface area (Å²) in [5.41, 5.74) is 6.97. The van der Waals surface area contributed by atoms with Gasteiger partial charge in [-0.1, -0.05) is 6.07 Å². The molecular formula is C11H17BrN2O2S. The van der Waals surface area contributed by atoms with Crippen molar-refractivity contribution in [3.05, 3.63) is 28.2 Å². The van der Waals surface area contributed by atoms with Crippen LogP contribution in [0.25, 0.3) is 0 Å². The van der Waals surface area contributed by atoms with Gasteiger partial charge in [0.05, 0.1) is 11.4 Å². The van der Waals surface area contributed by atoms with Crippen LogP contribution in [0, 0.1) is 6.92 Å². The van der Waals surface area contributed by atoms with E-state index in [2.05, 4.69) is 20.7 Å². The third kappa shape index (κ3) is 5.06. The van der Waals surface area contributed by atoms with Crippen molar-refractivity contribution in [2.75, 3.05) is 17.0 Å². The Balaban J connectivity index is 2.69. The Bertz CT molecular complexity index is 474. The molecule has 0 spiro atoms. The number of hydrogen-bond acceptors (Lipinski definition) is 3. The summed E-state index contributed by atoms with van der Waals surface area (Å²) in [5.74, 6) is 0.102. The Labute approximate surface area is 111 Å². The fourth-order valence-corrected chi connectivity index (χ4v) is 3.28. The summed E-state index contributed by atoms with van der Waals surface area (Å²) in [6.07, 6.45) is 1.30. The molecule has 96 valence electrons. The molecule has 0 saturated heterocycles. The third-order valence-corrected chi connectivity index (χ3v) is 4.27. The quantitative estimate of drug-likeness (QED) is 0.789. The number of hydrogen-bond donors (Lipinski definition) is 2. The van der Waals surface area contributed by atoms with Gasteiger partial charge in [-0.2, -0.15) is 0 Å². The van der Waals surface area contributed by atoms with Gasteiger partial charge in [0.1, 0.15) is 0 Å². The summed E-state index contributed by atoms with van der Waals surface area (Å²) in [6, 6.07) is 5.49. The van der Waals surface area contributed by atoms with E-state index in [4.69, 9.17) is 5.73 Å². The molecule has 0 aliphatic carbocycles. The molecule has 0 amide bonds. The molecule has 17 heavy (non-hydrogen) atoms. The molecule has 0 aliphatic heterocycles. The molecule has 1 aromatic carbocycles. The molecule has 1 rings (SSSR count). The van der Waals surface area contributed by atoms with Crippen molar-refractivity contribution in [2.24, 2.45) is 5.73 Å². The van der Waals surface area contributed by atoms with Gasteiger partial charge in [0.25, 0.3) is 0 Å². The van der Waals surface area contributed by atoms with Crippen molar-refractivity contribution >= 4 is 31.6 Å². The number of aryl methyl sites for hydroxylation is 1. The molecule has 0 radical (unpaired) electrons. The average Bonchev–Trinajstić information content (AvgIpc) is 2.22. The first-order valence-electron chi connectivity index (χ1n) is 5.41. The number of anilines is 1. The first-order chi connectivity index (χ1) is 7.94. The number of benzene rings is 1. The molecule has 3 N–H and O–H groups in total. The van der Waals surface area contributed by atoms with Crippen molar-refractivity contribution in [3.8, 4) is 0 Å². The summed E-state index contributed by atoms with van der Waals surface area (Å²) in [6.45, 7) is 2.47. The van der Waals surface area contributed by atoms with Gasteiger partial charge in [-0.25, -0.2) is 8.42 Å². The van der Waals surface area contributed by atoms with Gasteiger partial charge in [0, 0.05) is 4.47 Å². The maximum absolute atomic E-state index is 11.7. The van der Waals surface area contributed by atoms with E-state index in [-0.39, 0.29) is 5.75 Å². The molecule has 0 bridgehead atoms. The van der Waals surface area contributed by atoms with Crippen molar-refractivity contribution < 1.29 is 8.42 Å². The van der Waals surface area contributed by atoms with Gasteiger partial charge in [0.15, 0.2) is 0 Å². The molecule has 0 aromatic heterocycles. The van der Waals surface area contributed by atoms with Crippen molar-refractivity contribution in [1.29, 1.82) is 0 Å². The Morgan fingerprint density at radius 2 is 2.06 bits per heavy atom. The lowest BCUT2D eigenvalue weighted by Gasteiger charge is -2.10. The van der Waals surface area contributed by atoms with Crippen LogP contribution in [-0.2, 0) is 10.0 Å². The van der Waals surface area contributed by atoms with E-state index in [1.807, 2.05) is 19.1 Å². The summed E-state index contributed by atoms with van der Waals surface area (Å²) in [5, 5.41) is 0. The summed E-state index contributed by atoms with van der Waals surface area (Å²) in [7, 11) is -3.28. The average molecular weight is 321 g/mol. The maximum Gasteiger partial charge on any atom is 0.232 e. The highest BCUT2D eigenvalue weighted by Crippen LogP contribution is 2.24. The molecule has 0 heterocycles. The van der Waals surface area contributed by atoms with E-state index >= 15 is 0 Å². The second kappa shape index (κ2) is 6.37. The highest BCUT2D eigenvalue weighted by Gasteiger charge is 2.11. The zero-order chi connectivity index (χ0) is 12.9. The van der Waals surface area contributed by atoms with Crippen LogP contribution in [0.3, 0.4) is 0 Å². The number of nitrogens with two attached hydrogens (primary N) is 1. The van der Waals surface area contributed by atoms with Gasteiger partial charge in [-0.05, 0) is 59.9 Å². The second-order valence-electron chi connectivity index (χ2n) is 3.90. The minimum atomic E-state index is -3.28. The lowest BCUT2D eigenvalue weighted by molar-refractivity contribution is 0.597. The van der Waals surface area contributed by atoms with Crippen LogP contribution in [0.2, 0.25) is 0 Å². The van der Waals surface area contributed by atoms with Crippen LogP contribution in [0.15, 0.2) is 22.7 Å². The van der Waals surface area contributed by atoms with Gasteiger partial charge >= 0.3 is 0 Å². The summed E-state index contributed by atoms with van der Waals surface area (Å²) in [4.78, 5) is 0. The fourth-order valence-electron chi connectivity index (χ4n) is 1.36. The summed E-state index contributed by atoms with van der Waals surface area (Å²) >= 11 is 3.33. The Morgan fingerprint density at radius 3 is 2.65 bits per heavy atom. The predicted molar refractivity (Wildman–Crippen MR) is 74.6 cm³/mol. The molecule has 0 atom stereocenters. The van der Waals surface area contributed by atoms with Crippen molar-refractivity contribution in [2.45, 2.75) is 19.8 Å². The van der Waals surface area contributed by atoms with Gasteiger partial charge < -0.3 is 5.73 Å². The zero-order valence-corrected chi connectivity index (χ0v) is 12.1. The minimum Gasteiger partial charge on any atom is -0.330 e. The number of unbranched alkanes of at least 4 members (excludes halogenated alkanes) is 1. The molecular weight excluding hydrogens is 304 g/mol. The largest absolute Gasteiger partial charge is 0.330 e. The minimum absolute atomic E-state index is 0.102. The lowest BCUT2D eigenvalue weighted by Crippen LogP contribution is -2.17. The molecule has 0 unspecified atom stereocenters. The smallest absolute Gasteiger partial charge is 0.232 e. The fraction of sp³-hybridized carbons (Fsp3) is 0.455. The van der Waals surface area contributed by atoms with Gasteiger partial charge in [-0.15, -0.1) is 0 Å². The standard InChI is InChI=1S/C11H17BrN2O2S/c1-9-4-5-11(10(12)8-9)14-17(15,16)7-3-2-6-13/h4-5,8,14H,2-3,6-7,13H2,1H3. The van der Waals surface area contributed by atoms with Gasteiger partial charge in [-0.3, -0.25) is 4.72 Å². The molecule has 0 aliphatic rings. The predicted octanol–water partition coefficient (Wildman–Crippen LogP) is 2.24. The topological polar surface area (TPSA) is 72.2 Å². The summed E-state index contributed by atoms with van der Waals surface area (Å²) < 4.78 is 26.8. The van der Waals surface area contributed by atoms with Crippen LogP contribution < -0.4 is 10.5 Å². The Morgan fingerprint density at radius 1 is 1.35 bits per heavy atom. The molecule has 6 heteroatoms. The molecule has 0 saturated carbocycles. The van der Waals surface area contributed by atoms with Crippen molar-refractivity contribution in [3.63, 3.8) is 0 Å². The van der Waals surface area contributed by atoms with Crippen LogP contribution in [0.4, 0.5) is 5.69 Å². The number of rotatable bonds is 6. The Hall–Kier alpha value is -0.590. The molecule has 1 aromatic rings. The Kier molecular flexibility index (Phi) is 5.42. The van der Waals surface area contributed by atoms with E-state index in [9.17, 15) is 8.42 Å². The van der Waals surface area contributed by atoms with E-state index in [0.29, 0.717) is 18.7 Å². The van der Waals surface area contributed by atoms with E-state index < -0.39 is 10.0 Å². The first-order valence-corrected chi connectivity index (χ1v) is 7.86. The monoisotopic (exact) mass is 320 g/mol. The van der Waals surface area contributed by atoms with Crippen LogP contribution in [-0.4, -0.2) is 20.7 Å². The van der Waals surface area contributed by atoms with Crippen LogP contribution >= 0.6 is 15.9 Å². The van der Waals surface area contributed by atoms with E-state index in [1.54, 1.807) is 6.07 Å². The molecule has 4 nitrogen and oxygen atoms in total. The molecule has 0 fully saturated rings. The highest BCUT2D eigenvalue weighted by molar-refractivity contribution is 9.10. The van der Waals surface area contributed by atoms with Crippen molar-refractivity contribution in [1.82, 2.24) is 0 Å². The first kappa shape index (κ1) is 14.5. The highest BCUT2D eigenvalue weighted by atomic mass is 79.9. The SMILES string of the molecule is Cc1ccc(NS(=O)(=O)CCCCN)c(Br)c1. The van der Waals surface area contributed by atoms with E-state index in [1.165, 1.54) is 0 Å². The number of halogens is 1. The third-order valence-electron chi connectivity index (χ3n) is 2.26. The number of sulfonamides is 1. The number of nitrogens with one attached hydrogen (secondary N) is 1.